The Labute approximate surface area is 114 Å². The highest BCUT2D eigenvalue weighted by atomic mass is 16.2. The molecule has 2 aliphatic rings. The van der Waals surface area contributed by atoms with Crippen LogP contribution >= 0.6 is 0 Å². The van der Waals surface area contributed by atoms with Crippen molar-refractivity contribution in [2.45, 2.75) is 25.9 Å². The molecule has 19 heavy (non-hydrogen) atoms. The quantitative estimate of drug-likeness (QED) is 0.895. The van der Waals surface area contributed by atoms with Crippen molar-refractivity contribution in [3.63, 3.8) is 0 Å². The van der Waals surface area contributed by atoms with Gasteiger partial charge in [0.05, 0.1) is 0 Å². The lowest BCUT2D eigenvalue weighted by Gasteiger charge is -2.23. The van der Waals surface area contributed by atoms with Crippen LogP contribution in [-0.2, 0) is 6.54 Å². The summed E-state index contributed by atoms with van der Waals surface area (Å²) in [7, 11) is 0. The van der Waals surface area contributed by atoms with Crippen molar-refractivity contribution >= 4 is 6.03 Å². The summed E-state index contributed by atoms with van der Waals surface area (Å²) in [6.07, 6.45) is 1.09. The normalized spacial score (nSPS) is 23.4. The highest BCUT2D eigenvalue weighted by molar-refractivity contribution is 5.77. The summed E-state index contributed by atoms with van der Waals surface area (Å²) >= 11 is 0. The van der Waals surface area contributed by atoms with E-state index in [1.54, 1.807) is 0 Å². The van der Waals surface area contributed by atoms with Gasteiger partial charge in [0.25, 0.3) is 0 Å². The molecule has 1 atom stereocenters. The first-order valence-electron chi connectivity index (χ1n) is 7.06. The van der Waals surface area contributed by atoms with Crippen LogP contribution in [0.15, 0.2) is 24.3 Å². The lowest BCUT2D eigenvalue weighted by atomic mass is 10.1. The number of urea groups is 1. The summed E-state index contributed by atoms with van der Waals surface area (Å²) in [5.74, 6) is 0. The van der Waals surface area contributed by atoms with Crippen LogP contribution in [0.1, 0.15) is 17.5 Å². The van der Waals surface area contributed by atoms with Gasteiger partial charge in [0, 0.05) is 32.2 Å². The standard InChI is InChI=1S/C15H21N3O/c1-12-2-4-13(5-3-12)11-17-8-9-18(15(17)19)14-6-7-16-10-14/h2-5,14,16H,6-11H2,1H3/t14-/m0/s1. The third-order valence-corrected chi connectivity index (χ3v) is 4.10. The van der Waals surface area contributed by atoms with Crippen LogP contribution in [-0.4, -0.2) is 48.1 Å². The summed E-state index contributed by atoms with van der Waals surface area (Å²) < 4.78 is 0. The molecule has 0 saturated carbocycles. The van der Waals surface area contributed by atoms with Gasteiger partial charge in [-0.2, -0.15) is 0 Å². The zero-order valence-corrected chi connectivity index (χ0v) is 11.4. The third kappa shape index (κ3) is 2.59. The van der Waals surface area contributed by atoms with Crippen molar-refractivity contribution in [2.75, 3.05) is 26.2 Å². The second-order valence-corrected chi connectivity index (χ2v) is 5.53. The lowest BCUT2D eigenvalue weighted by molar-refractivity contribution is 0.178. The minimum Gasteiger partial charge on any atom is -0.319 e. The number of hydrogen-bond donors (Lipinski definition) is 1. The number of nitrogens with one attached hydrogen (secondary N) is 1. The number of aryl methyl sites for hydroxylation is 1. The summed E-state index contributed by atoms with van der Waals surface area (Å²) in [5.41, 5.74) is 2.47. The van der Waals surface area contributed by atoms with Crippen molar-refractivity contribution in [3.05, 3.63) is 35.4 Å². The largest absolute Gasteiger partial charge is 0.320 e. The number of nitrogens with zero attached hydrogens (tertiary/aromatic N) is 2. The molecule has 0 radical (unpaired) electrons. The van der Waals surface area contributed by atoms with Crippen LogP contribution in [0.2, 0.25) is 0 Å². The Balaban J connectivity index is 1.63. The zero-order chi connectivity index (χ0) is 13.2. The number of rotatable bonds is 3. The molecule has 2 fully saturated rings. The maximum Gasteiger partial charge on any atom is 0.320 e. The Morgan fingerprint density at radius 1 is 1.26 bits per heavy atom. The van der Waals surface area contributed by atoms with E-state index in [9.17, 15) is 4.79 Å². The molecule has 0 aromatic heterocycles. The van der Waals surface area contributed by atoms with E-state index in [0.717, 1.165) is 39.1 Å². The molecule has 1 aromatic carbocycles. The summed E-state index contributed by atoms with van der Waals surface area (Å²) in [6.45, 7) is 6.52. The van der Waals surface area contributed by atoms with Gasteiger partial charge in [-0.3, -0.25) is 0 Å². The second kappa shape index (κ2) is 5.21. The van der Waals surface area contributed by atoms with Crippen LogP contribution < -0.4 is 5.32 Å². The molecule has 102 valence electrons. The van der Waals surface area contributed by atoms with Gasteiger partial charge in [0.15, 0.2) is 0 Å². The topological polar surface area (TPSA) is 35.6 Å². The first kappa shape index (κ1) is 12.5. The molecular weight excluding hydrogens is 238 g/mol. The van der Waals surface area contributed by atoms with Crippen molar-refractivity contribution in [1.29, 1.82) is 0 Å². The molecule has 2 heterocycles. The van der Waals surface area contributed by atoms with E-state index in [2.05, 4.69) is 36.5 Å². The van der Waals surface area contributed by atoms with Crippen LogP contribution in [0, 0.1) is 6.92 Å². The Bertz CT molecular complexity index is 451. The Morgan fingerprint density at radius 2 is 2.05 bits per heavy atom. The van der Waals surface area contributed by atoms with E-state index in [1.807, 2.05) is 9.80 Å². The van der Waals surface area contributed by atoms with E-state index in [-0.39, 0.29) is 6.03 Å². The van der Waals surface area contributed by atoms with Gasteiger partial charge in [0.2, 0.25) is 0 Å². The molecule has 0 bridgehead atoms. The first-order chi connectivity index (χ1) is 9.24. The van der Waals surface area contributed by atoms with E-state index in [1.165, 1.54) is 11.1 Å². The van der Waals surface area contributed by atoms with E-state index >= 15 is 0 Å². The molecule has 0 spiro atoms. The second-order valence-electron chi connectivity index (χ2n) is 5.53. The van der Waals surface area contributed by atoms with Crippen LogP contribution in [0.25, 0.3) is 0 Å². The smallest absolute Gasteiger partial charge is 0.319 e. The van der Waals surface area contributed by atoms with Gasteiger partial charge in [-0.15, -0.1) is 0 Å². The van der Waals surface area contributed by atoms with Crippen molar-refractivity contribution < 1.29 is 4.79 Å². The van der Waals surface area contributed by atoms with Gasteiger partial charge in [-0.05, 0) is 25.5 Å². The van der Waals surface area contributed by atoms with Crippen molar-refractivity contribution in [2.24, 2.45) is 0 Å². The molecule has 1 N–H and O–H groups in total. The summed E-state index contributed by atoms with van der Waals surface area (Å²) in [5, 5.41) is 3.33. The first-order valence-corrected chi connectivity index (χ1v) is 7.06. The average Bonchev–Trinajstić information content (AvgIpc) is 3.03. The molecule has 4 nitrogen and oxygen atoms in total. The highest BCUT2D eigenvalue weighted by Gasteiger charge is 2.34. The van der Waals surface area contributed by atoms with E-state index in [4.69, 9.17) is 0 Å². The van der Waals surface area contributed by atoms with Gasteiger partial charge < -0.3 is 15.1 Å². The van der Waals surface area contributed by atoms with Crippen molar-refractivity contribution in [3.8, 4) is 0 Å². The molecular formula is C15H21N3O. The van der Waals surface area contributed by atoms with Crippen LogP contribution in [0.4, 0.5) is 4.79 Å². The molecule has 4 heteroatoms. The monoisotopic (exact) mass is 259 g/mol. The van der Waals surface area contributed by atoms with Crippen molar-refractivity contribution in [1.82, 2.24) is 15.1 Å². The van der Waals surface area contributed by atoms with Gasteiger partial charge >= 0.3 is 6.03 Å². The van der Waals surface area contributed by atoms with Gasteiger partial charge in [-0.25, -0.2) is 4.79 Å². The highest BCUT2D eigenvalue weighted by Crippen LogP contribution is 2.19. The maximum absolute atomic E-state index is 12.4. The predicted octanol–water partition coefficient (Wildman–Crippen LogP) is 1.59. The SMILES string of the molecule is Cc1ccc(CN2CCN([C@H]3CCNC3)C2=O)cc1. The van der Waals surface area contributed by atoms with E-state index in [0.29, 0.717) is 6.04 Å². The fourth-order valence-corrected chi connectivity index (χ4v) is 2.91. The van der Waals surface area contributed by atoms with Gasteiger partial charge in [-0.1, -0.05) is 29.8 Å². The molecule has 2 aliphatic heterocycles. The minimum atomic E-state index is 0.203. The zero-order valence-electron chi connectivity index (χ0n) is 11.4. The molecule has 1 aromatic rings. The molecule has 0 aliphatic carbocycles. The maximum atomic E-state index is 12.4. The molecule has 3 rings (SSSR count). The fourth-order valence-electron chi connectivity index (χ4n) is 2.91. The predicted molar refractivity (Wildman–Crippen MR) is 75.0 cm³/mol. The number of carbonyl (C=O) groups excluding carboxylic acids is 1. The lowest BCUT2D eigenvalue weighted by Crippen LogP contribution is -2.40. The fraction of sp³-hybridized carbons (Fsp3) is 0.533. The Morgan fingerprint density at radius 3 is 2.74 bits per heavy atom. The Kier molecular flexibility index (Phi) is 3.42. The number of benzene rings is 1. The van der Waals surface area contributed by atoms with Crippen LogP contribution in [0.3, 0.4) is 0 Å². The Hall–Kier alpha value is -1.55. The summed E-state index contributed by atoms with van der Waals surface area (Å²) in [6, 6.07) is 9.04. The number of hydrogen-bond acceptors (Lipinski definition) is 2. The molecule has 2 saturated heterocycles. The number of amides is 2. The average molecular weight is 259 g/mol. The third-order valence-electron chi connectivity index (χ3n) is 4.10. The summed E-state index contributed by atoms with van der Waals surface area (Å²) in [4.78, 5) is 16.4. The number of carbonyl (C=O) groups is 1. The minimum absolute atomic E-state index is 0.203. The molecule has 0 unspecified atom stereocenters. The van der Waals surface area contributed by atoms with Crippen LogP contribution in [0.5, 0.6) is 0 Å². The van der Waals surface area contributed by atoms with Gasteiger partial charge in [0.1, 0.15) is 0 Å². The molecule has 2 amide bonds. The van der Waals surface area contributed by atoms with E-state index < -0.39 is 0 Å².